The summed E-state index contributed by atoms with van der Waals surface area (Å²) in [5.74, 6) is 0.131. The van der Waals surface area contributed by atoms with Crippen LogP contribution in [-0.2, 0) is 6.42 Å². The average Bonchev–Trinajstić information content (AvgIpc) is 2.57. The van der Waals surface area contributed by atoms with Gasteiger partial charge in [-0.25, -0.2) is 9.97 Å². The smallest absolute Gasteiger partial charge is 0.293 e. The number of H-pyrrole nitrogens is 1. The third kappa shape index (κ3) is 1.66. The van der Waals surface area contributed by atoms with Crippen molar-refractivity contribution in [3.8, 4) is 6.01 Å². The Labute approximate surface area is 89.4 Å². The van der Waals surface area contributed by atoms with Gasteiger partial charge in [0.15, 0.2) is 5.65 Å². The van der Waals surface area contributed by atoms with Gasteiger partial charge in [0.2, 0.25) is 5.82 Å². The summed E-state index contributed by atoms with van der Waals surface area (Å²) in [5.41, 5.74) is 0.280. The number of nitrogens with zero attached hydrogens (tertiary/aromatic N) is 4. The van der Waals surface area contributed by atoms with E-state index in [1.165, 1.54) is 0 Å². The van der Waals surface area contributed by atoms with Crippen molar-refractivity contribution in [2.75, 3.05) is 5.23 Å². The Balaban J connectivity index is 2.67. The van der Waals surface area contributed by atoms with Crippen LogP contribution in [0.1, 0.15) is 5.82 Å². The highest BCUT2D eigenvalue weighted by Gasteiger charge is 2.15. The lowest BCUT2D eigenvalue weighted by molar-refractivity contribution is 0.0274. The van der Waals surface area contributed by atoms with Gasteiger partial charge in [-0.05, 0) is 0 Å². The van der Waals surface area contributed by atoms with Crippen LogP contribution in [0.3, 0.4) is 0 Å². The van der Waals surface area contributed by atoms with Crippen molar-refractivity contribution < 1.29 is 15.5 Å². The van der Waals surface area contributed by atoms with Gasteiger partial charge in [-0.1, -0.05) is 6.08 Å². The topological polar surface area (TPSA) is 118 Å². The molecular formula is C8H9N5O3. The number of allylic oxidation sites excluding steroid dienone is 1. The van der Waals surface area contributed by atoms with E-state index in [2.05, 4.69) is 26.5 Å². The van der Waals surface area contributed by atoms with E-state index in [0.717, 1.165) is 0 Å². The Morgan fingerprint density at radius 3 is 2.69 bits per heavy atom. The molecule has 2 aromatic heterocycles. The summed E-state index contributed by atoms with van der Waals surface area (Å²) in [6, 6.07) is -0.372. The van der Waals surface area contributed by atoms with Crippen molar-refractivity contribution >= 4 is 17.0 Å². The zero-order chi connectivity index (χ0) is 11.7. The Morgan fingerprint density at radius 1 is 1.31 bits per heavy atom. The molecule has 0 amide bonds. The predicted octanol–water partition coefficient (Wildman–Crippen LogP) is 0.372. The molecule has 4 N–H and O–H groups in total. The predicted molar refractivity (Wildman–Crippen MR) is 53.3 cm³/mol. The van der Waals surface area contributed by atoms with Crippen LogP contribution in [0.4, 0.5) is 5.82 Å². The van der Waals surface area contributed by atoms with E-state index in [4.69, 9.17) is 15.5 Å². The van der Waals surface area contributed by atoms with Gasteiger partial charge in [0.25, 0.3) is 6.01 Å². The zero-order valence-corrected chi connectivity index (χ0v) is 8.12. The third-order valence-corrected chi connectivity index (χ3v) is 1.88. The molecule has 0 radical (unpaired) electrons. The monoisotopic (exact) mass is 223 g/mol. The molecular weight excluding hydrogens is 214 g/mol. The Morgan fingerprint density at radius 2 is 2.06 bits per heavy atom. The highest BCUT2D eigenvalue weighted by molar-refractivity contribution is 5.82. The third-order valence-electron chi connectivity index (χ3n) is 1.88. The van der Waals surface area contributed by atoms with E-state index in [9.17, 15) is 0 Å². The number of imidazole rings is 1. The van der Waals surface area contributed by atoms with Crippen LogP contribution in [0, 0.1) is 0 Å². The minimum atomic E-state index is -0.372. The molecule has 0 unspecified atom stereocenters. The van der Waals surface area contributed by atoms with E-state index in [1.54, 1.807) is 6.08 Å². The number of fused-ring (bicyclic) bond motifs is 1. The van der Waals surface area contributed by atoms with Crippen LogP contribution in [-0.4, -0.2) is 35.5 Å². The molecule has 0 bridgehead atoms. The zero-order valence-electron chi connectivity index (χ0n) is 8.12. The largest absolute Gasteiger partial charge is 0.480 e. The summed E-state index contributed by atoms with van der Waals surface area (Å²) in [5, 5.41) is 26.9. The number of hydrogen-bond acceptors (Lipinski definition) is 7. The first kappa shape index (κ1) is 10.3. The molecule has 0 aliphatic rings. The second-order valence-corrected chi connectivity index (χ2v) is 3.00. The molecule has 0 atom stereocenters. The van der Waals surface area contributed by atoms with E-state index in [0.29, 0.717) is 12.2 Å². The molecule has 2 rings (SSSR count). The Hall–Kier alpha value is -2.19. The van der Waals surface area contributed by atoms with E-state index in [1.807, 2.05) is 0 Å². The fourth-order valence-electron chi connectivity index (χ4n) is 1.28. The second-order valence-electron chi connectivity index (χ2n) is 3.00. The lowest BCUT2D eigenvalue weighted by atomic mass is 10.4. The highest BCUT2D eigenvalue weighted by Crippen LogP contribution is 2.22. The van der Waals surface area contributed by atoms with Crippen molar-refractivity contribution in [2.24, 2.45) is 0 Å². The van der Waals surface area contributed by atoms with Gasteiger partial charge in [0.1, 0.15) is 11.3 Å². The van der Waals surface area contributed by atoms with Crippen LogP contribution in [0.25, 0.3) is 11.2 Å². The lowest BCUT2D eigenvalue weighted by Crippen LogP contribution is -2.15. The van der Waals surface area contributed by atoms with Gasteiger partial charge >= 0.3 is 0 Å². The van der Waals surface area contributed by atoms with Gasteiger partial charge in [-0.3, -0.25) is 10.4 Å². The summed E-state index contributed by atoms with van der Waals surface area (Å²) in [4.78, 5) is 13.9. The van der Waals surface area contributed by atoms with Gasteiger partial charge < -0.3 is 10.1 Å². The Kier molecular flexibility index (Phi) is 2.43. The minimum Gasteiger partial charge on any atom is -0.480 e. The molecule has 0 spiro atoms. The van der Waals surface area contributed by atoms with Crippen molar-refractivity contribution in [1.29, 1.82) is 0 Å². The molecule has 2 heterocycles. The summed E-state index contributed by atoms with van der Waals surface area (Å²) >= 11 is 0. The summed E-state index contributed by atoms with van der Waals surface area (Å²) < 4.78 is 0. The molecule has 8 nitrogen and oxygen atoms in total. The summed E-state index contributed by atoms with van der Waals surface area (Å²) in [6.07, 6.45) is 1.92. The molecule has 0 fully saturated rings. The fraction of sp³-hybridized carbons (Fsp3) is 0.125. The summed E-state index contributed by atoms with van der Waals surface area (Å²) in [6.45, 7) is 3.52. The second kappa shape index (κ2) is 3.76. The average molecular weight is 223 g/mol. The quantitative estimate of drug-likeness (QED) is 0.438. The highest BCUT2D eigenvalue weighted by atomic mass is 16.8. The summed E-state index contributed by atoms with van der Waals surface area (Å²) in [7, 11) is 0. The van der Waals surface area contributed by atoms with Crippen LogP contribution in [0.2, 0.25) is 0 Å². The van der Waals surface area contributed by atoms with E-state index < -0.39 is 0 Å². The number of aromatic nitrogens is 4. The first-order valence-corrected chi connectivity index (χ1v) is 4.36. The molecule has 0 aliphatic heterocycles. The van der Waals surface area contributed by atoms with Crippen LogP contribution < -0.4 is 5.23 Å². The number of aromatic amines is 1. The van der Waals surface area contributed by atoms with Crippen molar-refractivity contribution in [1.82, 2.24) is 19.9 Å². The molecule has 0 saturated carbocycles. The molecule has 0 aromatic carbocycles. The normalized spacial score (nSPS) is 10.6. The molecule has 8 heteroatoms. The number of hydrogen-bond donors (Lipinski definition) is 4. The van der Waals surface area contributed by atoms with Crippen LogP contribution >= 0.6 is 0 Å². The maximum absolute atomic E-state index is 9.15. The SMILES string of the molecule is C=CCc1nc(N(O)O)c2[nH]c(O)nc2n1. The van der Waals surface area contributed by atoms with Crippen LogP contribution in [0.5, 0.6) is 6.01 Å². The molecule has 2 aromatic rings. The standard InChI is InChI=1S/C8H9N5O3/c1-2-3-4-9-6-5(11-8(14)12-6)7(10-4)13(15)16/h2,15-16H,1,3H2,(H2,9,10,11,12,14). The van der Waals surface area contributed by atoms with Crippen molar-refractivity contribution in [2.45, 2.75) is 6.42 Å². The van der Waals surface area contributed by atoms with Gasteiger partial charge in [0.05, 0.1) is 0 Å². The van der Waals surface area contributed by atoms with E-state index >= 15 is 0 Å². The van der Waals surface area contributed by atoms with Gasteiger partial charge in [-0.2, -0.15) is 4.98 Å². The number of aromatic hydroxyl groups is 1. The molecule has 16 heavy (non-hydrogen) atoms. The van der Waals surface area contributed by atoms with E-state index in [-0.39, 0.29) is 28.2 Å². The number of rotatable bonds is 3. The number of anilines is 1. The first-order chi connectivity index (χ1) is 7.61. The lowest BCUT2D eigenvalue weighted by Gasteiger charge is -2.07. The van der Waals surface area contributed by atoms with Gasteiger partial charge in [-0.15, -0.1) is 11.8 Å². The molecule has 0 saturated heterocycles. The van der Waals surface area contributed by atoms with Crippen molar-refractivity contribution in [3.63, 3.8) is 0 Å². The number of nitrogens with one attached hydrogen (secondary N) is 1. The van der Waals surface area contributed by atoms with Crippen molar-refractivity contribution in [3.05, 3.63) is 18.5 Å². The first-order valence-electron chi connectivity index (χ1n) is 4.36. The fourth-order valence-corrected chi connectivity index (χ4v) is 1.28. The molecule has 84 valence electrons. The maximum atomic E-state index is 9.15. The Bertz CT molecular complexity index is 536. The minimum absolute atomic E-state index is 0.135. The van der Waals surface area contributed by atoms with Gasteiger partial charge in [0, 0.05) is 6.42 Å². The van der Waals surface area contributed by atoms with Crippen LogP contribution in [0.15, 0.2) is 12.7 Å². The molecule has 0 aliphatic carbocycles. The maximum Gasteiger partial charge on any atom is 0.293 e.